The van der Waals surface area contributed by atoms with Crippen LogP contribution < -0.4 is 4.90 Å². The molecule has 1 aliphatic heterocycles. The second-order valence-electron chi connectivity index (χ2n) is 5.16. The fourth-order valence-corrected chi connectivity index (χ4v) is 2.48. The molecule has 0 fully saturated rings. The summed E-state index contributed by atoms with van der Waals surface area (Å²) >= 11 is 0. The average molecular weight is 296 g/mol. The van der Waals surface area contributed by atoms with Crippen LogP contribution in [0.5, 0.6) is 0 Å². The number of anilines is 1. The van der Waals surface area contributed by atoms with Crippen molar-refractivity contribution in [2.24, 2.45) is 0 Å². The first-order chi connectivity index (χ1) is 10.5. The summed E-state index contributed by atoms with van der Waals surface area (Å²) in [6.07, 6.45) is 0. The molecule has 0 unspecified atom stereocenters. The van der Waals surface area contributed by atoms with E-state index in [1.165, 1.54) is 17.0 Å². The smallest absolute Gasteiger partial charge is 0.299 e. The van der Waals surface area contributed by atoms with Gasteiger partial charge in [-0.05, 0) is 24.6 Å². The van der Waals surface area contributed by atoms with E-state index in [2.05, 4.69) is 0 Å². The molecule has 0 saturated heterocycles. The summed E-state index contributed by atoms with van der Waals surface area (Å²) in [5.74, 6) is -1.08. The van der Waals surface area contributed by atoms with Crippen molar-refractivity contribution in [1.29, 1.82) is 0 Å². The maximum atomic E-state index is 12.1. The van der Waals surface area contributed by atoms with Gasteiger partial charge in [0.25, 0.3) is 17.4 Å². The third-order valence-electron chi connectivity index (χ3n) is 3.61. The van der Waals surface area contributed by atoms with Gasteiger partial charge < -0.3 is 4.90 Å². The number of rotatable bonds is 3. The summed E-state index contributed by atoms with van der Waals surface area (Å²) in [6, 6.07) is 11.2. The average Bonchev–Trinajstić information content (AvgIpc) is 2.73. The number of benzene rings is 2. The Bertz CT molecular complexity index is 796. The first-order valence-electron chi connectivity index (χ1n) is 6.67. The molecule has 0 bridgehead atoms. The number of nitro groups is 1. The van der Waals surface area contributed by atoms with Crippen molar-refractivity contribution in [1.82, 2.24) is 0 Å². The largest absolute Gasteiger partial charge is 0.300 e. The van der Waals surface area contributed by atoms with Gasteiger partial charge in [0.05, 0.1) is 22.7 Å². The maximum absolute atomic E-state index is 12.1. The van der Waals surface area contributed by atoms with Gasteiger partial charge in [0.15, 0.2) is 0 Å². The fourth-order valence-electron chi connectivity index (χ4n) is 2.48. The summed E-state index contributed by atoms with van der Waals surface area (Å²) < 4.78 is 0. The Morgan fingerprint density at radius 1 is 1.09 bits per heavy atom. The van der Waals surface area contributed by atoms with Crippen LogP contribution >= 0.6 is 0 Å². The highest BCUT2D eigenvalue weighted by atomic mass is 16.6. The third kappa shape index (κ3) is 2.24. The fraction of sp³-hybridized carbons (Fsp3) is 0.125. The molecule has 2 aromatic carbocycles. The number of non-ortho nitro benzene ring substituents is 1. The van der Waals surface area contributed by atoms with Gasteiger partial charge in [0, 0.05) is 12.1 Å². The van der Waals surface area contributed by atoms with E-state index in [1.54, 1.807) is 24.3 Å². The van der Waals surface area contributed by atoms with Crippen molar-refractivity contribution in [2.45, 2.75) is 13.5 Å². The lowest BCUT2D eigenvalue weighted by molar-refractivity contribution is -0.384. The van der Waals surface area contributed by atoms with Crippen molar-refractivity contribution in [2.75, 3.05) is 4.90 Å². The minimum absolute atomic E-state index is 0.0106. The lowest BCUT2D eigenvalue weighted by Crippen LogP contribution is -2.29. The van der Waals surface area contributed by atoms with Crippen molar-refractivity contribution >= 4 is 23.1 Å². The second-order valence-corrected chi connectivity index (χ2v) is 5.16. The van der Waals surface area contributed by atoms with Crippen LogP contribution in [0.3, 0.4) is 0 Å². The van der Waals surface area contributed by atoms with E-state index < -0.39 is 16.6 Å². The molecule has 1 aliphatic rings. The molecule has 0 radical (unpaired) electrons. The second kappa shape index (κ2) is 5.07. The molecule has 0 saturated carbocycles. The van der Waals surface area contributed by atoms with Crippen molar-refractivity contribution in [3.8, 4) is 0 Å². The van der Waals surface area contributed by atoms with Gasteiger partial charge in [-0.3, -0.25) is 19.7 Å². The Hall–Kier alpha value is -3.02. The summed E-state index contributed by atoms with van der Waals surface area (Å²) in [7, 11) is 0. The van der Waals surface area contributed by atoms with Crippen LogP contribution in [-0.2, 0) is 11.3 Å². The molecule has 6 heteroatoms. The molecular formula is C16H12N2O4. The summed E-state index contributed by atoms with van der Waals surface area (Å²) in [4.78, 5) is 35.7. The SMILES string of the molecule is Cc1ccc2c(c1)C(=O)C(=O)N2Cc1ccc([N+](=O)[O-])cc1. The molecule has 0 spiro atoms. The number of fused-ring (bicyclic) bond motifs is 1. The molecule has 0 aliphatic carbocycles. The summed E-state index contributed by atoms with van der Waals surface area (Å²) in [6.45, 7) is 2.07. The quantitative estimate of drug-likeness (QED) is 0.495. The number of carbonyl (C=O) groups is 2. The molecule has 110 valence electrons. The topological polar surface area (TPSA) is 80.5 Å². The molecule has 0 N–H and O–H groups in total. The minimum atomic E-state index is -0.570. The number of aryl methyl sites for hydroxylation is 1. The Morgan fingerprint density at radius 3 is 2.41 bits per heavy atom. The van der Waals surface area contributed by atoms with E-state index in [0.717, 1.165) is 11.1 Å². The van der Waals surface area contributed by atoms with Crippen LogP contribution in [0.4, 0.5) is 11.4 Å². The van der Waals surface area contributed by atoms with Crippen molar-refractivity contribution < 1.29 is 14.5 Å². The highest BCUT2D eigenvalue weighted by molar-refractivity contribution is 6.52. The van der Waals surface area contributed by atoms with Crippen LogP contribution in [0.25, 0.3) is 0 Å². The lowest BCUT2D eigenvalue weighted by Gasteiger charge is -2.16. The molecular weight excluding hydrogens is 284 g/mol. The Morgan fingerprint density at radius 2 is 1.77 bits per heavy atom. The van der Waals surface area contributed by atoms with E-state index in [4.69, 9.17) is 0 Å². The van der Waals surface area contributed by atoms with Crippen LogP contribution in [0.1, 0.15) is 21.5 Å². The number of hydrogen-bond donors (Lipinski definition) is 0. The van der Waals surface area contributed by atoms with Gasteiger partial charge in [-0.1, -0.05) is 23.8 Å². The predicted octanol–water partition coefficient (Wildman–Crippen LogP) is 2.63. The van der Waals surface area contributed by atoms with Crippen LogP contribution in [0.2, 0.25) is 0 Å². The predicted molar refractivity (Wildman–Crippen MR) is 79.8 cm³/mol. The highest BCUT2D eigenvalue weighted by Gasteiger charge is 2.35. The zero-order chi connectivity index (χ0) is 15.9. The summed E-state index contributed by atoms with van der Waals surface area (Å²) in [5, 5.41) is 10.6. The number of nitro benzene ring substituents is 1. The number of hydrogen-bond acceptors (Lipinski definition) is 4. The Balaban J connectivity index is 1.91. The first kappa shape index (κ1) is 13.9. The van der Waals surface area contributed by atoms with Crippen LogP contribution in [-0.4, -0.2) is 16.6 Å². The molecule has 2 aromatic rings. The maximum Gasteiger partial charge on any atom is 0.299 e. The molecule has 22 heavy (non-hydrogen) atoms. The van der Waals surface area contributed by atoms with Gasteiger partial charge in [-0.15, -0.1) is 0 Å². The van der Waals surface area contributed by atoms with Gasteiger partial charge in [0.2, 0.25) is 0 Å². The van der Waals surface area contributed by atoms with E-state index in [-0.39, 0.29) is 12.2 Å². The molecule has 0 aromatic heterocycles. The van der Waals surface area contributed by atoms with Gasteiger partial charge in [-0.2, -0.15) is 0 Å². The van der Waals surface area contributed by atoms with Gasteiger partial charge in [0.1, 0.15) is 0 Å². The van der Waals surface area contributed by atoms with Crippen LogP contribution in [0.15, 0.2) is 42.5 Å². The minimum Gasteiger partial charge on any atom is -0.300 e. The lowest BCUT2D eigenvalue weighted by atomic mass is 10.1. The third-order valence-corrected chi connectivity index (χ3v) is 3.61. The van der Waals surface area contributed by atoms with E-state index >= 15 is 0 Å². The zero-order valence-corrected chi connectivity index (χ0v) is 11.8. The Kier molecular flexibility index (Phi) is 3.21. The van der Waals surface area contributed by atoms with Crippen LogP contribution in [0, 0.1) is 17.0 Å². The number of Topliss-reactive ketones (excluding diaryl/α,β-unsaturated/α-hetero) is 1. The number of ketones is 1. The van der Waals surface area contributed by atoms with Gasteiger partial charge >= 0.3 is 0 Å². The van der Waals surface area contributed by atoms with E-state index in [0.29, 0.717) is 11.3 Å². The molecule has 3 rings (SSSR count). The van der Waals surface area contributed by atoms with E-state index in [1.807, 2.05) is 13.0 Å². The van der Waals surface area contributed by atoms with E-state index in [9.17, 15) is 19.7 Å². The molecule has 0 atom stereocenters. The first-order valence-corrected chi connectivity index (χ1v) is 6.67. The molecule has 6 nitrogen and oxygen atoms in total. The molecule has 1 amide bonds. The number of nitrogens with zero attached hydrogens (tertiary/aromatic N) is 2. The summed E-state index contributed by atoms with van der Waals surface area (Å²) in [5.41, 5.74) is 2.62. The Labute approximate surface area is 126 Å². The van der Waals surface area contributed by atoms with Crippen molar-refractivity contribution in [3.63, 3.8) is 0 Å². The van der Waals surface area contributed by atoms with Gasteiger partial charge in [-0.25, -0.2) is 0 Å². The number of amides is 1. The normalized spacial score (nSPS) is 13.4. The zero-order valence-electron chi connectivity index (χ0n) is 11.8. The molecule has 1 heterocycles. The highest BCUT2D eigenvalue weighted by Crippen LogP contribution is 2.31. The number of carbonyl (C=O) groups excluding carboxylic acids is 2. The standard InChI is InChI=1S/C16H12N2O4/c1-10-2-7-14-13(8-10)15(19)16(20)17(14)9-11-3-5-12(6-4-11)18(21)22/h2-8H,9H2,1H3. The van der Waals surface area contributed by atoms with Crippen molar-refractivity contribution in [3.05, 3.63) is 69.3 Å². The monoisotopic (exact) mass is 296 g/mol.